The van der Waals surface area contributed by atoms with Crippen LogP contribution in [0.1, 0.15) is 0 Å². The molecule has 2 aromatic heterocycles. The van der Waals surface area contributed by atoms with Crippen LogP contribution < -0.4 is 0 Å². The smallest absolute Gasteiger partial charge is 0.164 e. The van der Waals surface area contributed by atoms with Gasteiger partial charge in [-0.2, -0.15) is 0 Å². The van der Waals surface area contributed by atoms with Gasteiger partial charge in [-0.1, -0.05) is 182 Å². The van der Waals surface area contributed by atoms with Gasteiger partial charge in [0.2, 0.25) is 0 Å². The van der Waals surface area contributed by atoms with E-state index >= 15 is 0 Å². The number of aromatic nitrogens is 3. The molecule has 0 saturated carbocycles. The number of rotatable bonds is 6. The van der Waals surface area contributed by atoms with E-state index in [2.05, 4.69) is 188 Å². The highest BCUT2D eigenvalue weighted by atomic mass is 16.3. The van der Waals surface area contributed by atoms with Crippen LogP contribution in [0, 0.1) is 0 Å². The van der Waals surface area contributed by atoms with Crippen molar-refractivity contribution in [2.45, 2.75) is 0 Å². The molecule has 0 atom stereocenters. The lowest BCUT2D eigenvalue weighted by atomic mass is 9.91. The van der Waals surface area contributed by atoms with Gasteiger partial charge in [-0.05, 0) is 96.0 Å². The van der Waals surface area contributed by atoms with Gasteiger partial charge < -0.3 is 4.42 Å². The van der Waals surface area contributed by atoms with E-state index in [0.717, 1.165) is 72.0 Å². The maximum absolute atomic E-state index is 6.67. The summed E-state index contributed by atoms with van der Waals surface area (Å²) in [7, 11) is 0. The van der Waals surface area contributed by atoms with Crippen molar-refractivity contribution in [3.05, 3.63) is 212 Å². The standard InChI is InChI=1S/C57H35N3O/c1-3-14-36(15-4-1)38-26-28-39(29-27-38)55-58-56(42-19-13-18-40(32-42)37-16-5-2-6-17-37)60-57(59-55)51-34-43(35-53-54(51)49-24-11-12-25-52(49)61-53)41-30-31-48-46-22-8-7-20-44(46)45-21-9-10-23-47(45)50(48)33-41/h1-35H. The quantitative estimate of drug-likeness (QED) is 0.158. The second-order valence-electron chi connectivity index (χ2n) is 15.5. The van der Waals surface area contributed by atoms with Gasteiger partial charge in [0.15, 0.2) is 17.5 Å². The summed E-state index contributed by atoms with van der Waals surface area (Å²) < 4.78 is 6.67. The number of nitrogens with zero attached hydrogens (tertiary/aromatic N) is 3. The summed E-state index contributed by atoms with van der Waals surface area (Å²) in [4.78, 5) is 15.8. The average Bonchev–Trinajstić information content (AvgIpc) is 3.73. The topological polar surface area (TPSA) is 51.8 Å². The Hall–Kier alpha value is -8.21. The third-order valence-corrected chi connectivity index (χ3v) is 11.9. The summed E-state index contributed by atoms with van der Waals surface area (Å²) in [6.07, 6.45) is 0. The van der Waals surface area contributed by atoms with E-state index in [9.17, 15) is 0 Å². The van der Waals surface area contributed by atoms with Crippen molar-refractivity contribution in [1.82, 2.24) is 15.0 Å². The van der Waals surface area contributed by atoms with Crippen LogP contribution in [0.3, 0.4) is 0 Å². The molecule has 0 bridgehead atoms. The molecule has 10 aromatic carbocycles. The zero-order valence-corrected chi connectivity index (χ0v) is 33.0. The third-order valence-electron chi connectivity index (χ3n) is 11.9. The van der Waals surface area contributed by atoms with Gasteiger partial charge in [0.1, 0.15) is 11.2 Å². The molecule has 0 spiro atoms. The molecular weight excluding hydrogens is 743 g/mol. The van der Waals surface area contributed by atoms with Crippen molar-refractivity contribution < 1.29 is 4.42 Å². The Morgan fingerprint density at radius 3 is 1.39 bits per heavy atom. The highest BCUT2D eigenvalue weighted by Crippen LogP contribution is 2.42. The summed E-state index contributed by atoms with van der Waals surface area (Å²) in [5.41, 5.74) is 10.9. The Bertz CT molecular complexity index is 3600. The summed E-state index contributed by atoms with van der Waals surface area (Å²) in [6.45, 7) is 0. The number of para-hydroxylation sites is 1. The van der Waals surface area contributed by atoms with E-state index in [1.54, 1.807) is 0 Å². The molecule has 4 nitrogen and oxygen atoms in total. The minimum atomic E-state index is 0.577. The van der Waals surface area contributed by atoms with Crippen molar-refractivity contribution in [2.24, 2.45) is 0 Å². The van der Waals surface area contributed by atoms with E-state index in [1.807, 2.05) is 24.3 Å². The zero-order valence-electron chi connectivity index (χ0n) is 33.0. The molecule has 0 radical (unpaired) electrons. The zero-order chi connectivity index (χ0) is 40.3. The second kappa shape index (κ2) is 14.3. The minimum Gasteiger partial charge on any atom is -0.456 e. The molecule has 4 heteroatoms. The lowest BCUT2D eigenvalue weighted by molar-refractivity contribution is 0.669. The highest BCUT2D eigenvalue weighted by molar-refractivity contribution is 6.26. The fourth-order valence-corrected chi connectivity index (χ4v) is 8.95. The molecule has 0 saturated heterocycles. The van der Waals surface area contributed by atoms with Gasteiger partial charge in [0.25, 0.3) is 0 Å². The molecule has 61 heavy (non-hydrogen) atoms. The number of hydrogen-bond acceptors (Lipinski definition) is 4. The molecule has 12 rings (SSSR count). The summed E-state index contributed by atoms with van der Waals surface area (Å²) >= 11 is 0. The maximum atomic E-state index is 6.67. The van der Waals surface area contributed by atoms with Crippen LogP contribution in [0.15, 0.2) is 217 Å². The van der Waals surface area contributed by atoms with Crippen LogP contribution in [0.4, 0.5) is 0 Å². The van der Waals surface area contributed by atoms with Gasteiger partial charge >= 0.3 is 0 Å². The van der Waals surface area contributed by atoms with Crippen molar-refractivity contribution in [3.63, 3.8) is 0 Å². The Labute approximate surface area is 352 Å². The Kier molecular flexibility index (Phi) is 8.13. The number of furan rings is 1. The van der Waals surface area contributed by atoms with Crippen molar-refractivity contribution in [2.75, 3.05) is 0 Å². The van der Waals surface area contributed by atoms with Crippen molar-refractivity contribution in [3.8, 4) is 67.5 Å². The van der Waals surface area contributed by atoms with Gasteiger partial charge in [-0.15, -0.1) is 0 Å². The van der Waals surface area contributed by atoms with Crippen LogP contribution in [0.25, 0.3) is 122 Å². The predicted molar refractivity (Wildman–Crippen MR) is 252 cm³/mol. The molecule has 12 aromatic rings. The van der Waals surface area contributed by atoms with E-state index < -0.39 is 0 Å². The second-order valence-corrected chi connectivity index (χ2v) is 15.5. The van der Waals surface area contributed by atoms with Gasteiger partial charge in [-0.25, -0.2) is 15.0 Å². The molecule has 0 aliphatic rings. The van der Waals surface area contributed by atoms with Gasteiger partial charge in [-0.3, -0.25) is 0 Å². The van der Waals surface area contributed by atoms with E-state index in [4.69, 9.17) is 19.4 Å². The molecule has 0 unspecified atom stereocenters. The fourth-order valence-electron chi connectivity index (χ4n) is 8.95. The third kappa shape index (κ3) is 6.04. The van der Waals surface area contributed by atoms with Crippen LogP contribution in [0.5, 0.6) is 0 Å². The Balaban J connectivity index is 1.09. The van der Waals surface area contributed by atoms with Gasteiger partial charge in [0, 0.05) is 27.5 Å². The normalized spacial score (nSPS) is 11.6. The number of hydrogen-bond donors (Lipinski definition) is 0. The molecule has 0 amide bonds. The molecule has 0 fully saturated rings. The van der Waals surface area contributed by atoms with E-state index in [1.165, 1.54) is 32.3 Å². The molecular formula is C57H35N3O. The molecule has 284 valence electrons. The first-order chi connectivity index (χ1) is 30.2. The first-order valence-electron chi connectivity index (χ1n) is 20.6. The Morgan fingerprint density at radius 2 is 0.705 bits per heavy atom. The summed E-state index contributed by atoms with van der Waals surface area (Å²) in [5.74, 6) is 1.77. The predicted octanol–water partition coefficient (Wildman–Crippen LogP) is 15.2. The van der Waals surface area contributed by atoms with E-state index in [-0.39, 0.29) is 0 Å². The monoisotopic (exact) mass is 777 g/mol. The lowest BCUT2D eigenvalue weighted by Gasteiger charge is -2.14. The number of fused-ring (bicyclic) bond motifs is 9. The minimum absolute atomic E-state index is 0.577. The SMILES string of the molecule is c1ccc(-c2ccc(-c3nc(-c4cccc(-c5ccccc5)c4)nc(-c4cc(-c5ccc6c7ccccc7c7ccccc7c6c5)cc5oc6ccccc6c45)n3)cc2)cc1. The first-order valence-corrected chi connectivity index (χ1v) is 20.6. The molecule has 0 N–H and O–H groups in total. The van der Waals surface area contributed by atoms with Crippen LogP contribution >= 0.6 is 0 Å². The Morgan fingerprint density at radius 1 is 0.246 bits per heavy atom. The van der Waals surface area contributed by atoms with Gasteiger partial charge in [0.05, 0.1) is 0 Å². The average molecular weight is 778 g/mol. The van der Waals surface area contributed by atoms with Crippen LogP contribution in [0.2, 0.25) is 0 Å². The fraction of sp³-hybridized carbons (Fsp3) is 0. The highest BCUT2D eigenvalue weighted by Gasteiger charge is 2.21. The number of benzene rings is 10. The van der Waals surface area contributed by atoms with Crippen LogP contribution in [-0.4, -0.2) is 15.0 Å². The first kappa shape index (κ1) is 34.8. The lowest BCUT2D eigenvalue weighted by Crippen LogP contribution is -2.01. The molecule has 0 aliphatic heterocycles. The van der Waals surface area contributed by atoms with E-state index in [0.29, 0.717) is 17.5 Å². The summed E-state index contributed by atoms with van der Waals surface area (Å²) in [5, 5.41) is 9.39. The molecule has 2 heterocycles. The van der Waals surface area contributed by atoms with Crippen molar-refractivity contribution in [1.29, 1.82) is 0 Å². The van der Waals surface area contributed by atoms with Crippen molar-refractivity contribution >= 4 is 54.3 Å². The maximum Gasteiger partial charge on any atom is 0.164 e. The largest absolute Gasteiger partial charge is 0.456 e. The summed E-state index contributed by atoms with van der Waals surface area (Å²) in [6, 6.07) is 74.6. The van der Waals surface area contributed by atoms with Crippen LogP contribution in [-0.2, 0) is 0 Å². The molecule has 0 aliphatic carbocycles.